The molecule has 0 aromatic carbocycles. The van der Waals surface area contributed by atoms with Crippen molar-refractivity contribution in [2.75, 3.05) is 0 Å². The van der Waals surface area contributed by atoms with Gasteiger partial charge in [-0.3, -0.25) is 4.79 Å². The molecule has 0 spiro atoms. The van der Waals surface area contributed by atoms with E-state index in [1.807, 2.05) is 0 Å². The van der Waals surface area contributed by atoms with Gasteiger partial charge in [-0.1, -0.05) is 0 Å². The van der Waals surface area contributed by atoms with E-state index in [9.17, 15) is 0 Å². The molecular weight excluding hydrogens is 158 g/mol. The van der Waals surface area contributed by atoms with Gasteiger partial charge in [-0.05, 0) is 0 Å². The van der Waals surface area contributed by atoms with Crippen LogP contribution in [0, 0.1) is 0 Å². The second-order valence-corrected chi connectivity index (χ2v) is 0.519. The fourth-order valence-corrected chi connectivity index (χ4v) is 0. The molecule has 0 heterocycles. The third-order valence-corrected chi connectivity index (χ3v) is 0. The first-order chi connectivity index (χ1) is 1.73. The summed E-state index contributed by atoms with van der Waals surface area (Å²) in [5.41, 5.74) is 0. The van der Waals surface area contributed by atoms with Gasteiger partial charge in [0, 0.05) is 24.0 Å². The summed E-state index contributed by atoms with van der Waals surface area (Å²) in [4.78, 5) is 9.00. The molecule has 5 heteroatoms. The molecule has 0 radical (unpaired) electrons. The van der Waals surface area contributed by atoms with Gasteiger partial charge in [-0.2, -0.15) is 0 Å². The zero-order valence-corrected chi connectivity index (χ0v) is 3.81. The predicted octanol–water partition coefficient (Wildman–Crippen LogP) is -1.21. The Bertz CT molecular complexity index is 36.7. The third-order valence-electron chi connectivity index (χ3n) is 0. The Hall–Kier alpha value is 1.99. The average Bonchev–Trinajstić information content (AvgIpc) is 0.811. The Labute approximate surface area is 97.5 Å². The van der Waals surface area contributed by atoms with Crippen LogP contribution in [0.25, 0.3) is 0 Å². The molecule has 2 nitrogen and oxygen atoms in total. The average molecular weight is 164 g/mol. The zero-order chi connectivity index (χ0) is 3.58. The first kappa shape index (κ1) is 23.0. The monoisotopic (exact) mass is 164 g/mol. The zero-order valence-electron chi connectivity index (χ0n) is 2.71. The molecule has 0 saturated heterocycles. The molecule has 1 N–H and O–H groups in total. The normalized spacial score (nSPS) is 3.57. The Balaban J connectivity index is -0.0000000150. The summed E-state index contributed by atoms with van der Waals surface area (Å²) in [7, 11) is 0. The van der Waals surface area contributed by atoms with E-state index >= 15 is 0 Å². The SMILES string of the molecule is CC(=O)O.[Fe].[NaH].[NaH]. The van der Waals surface area contributed by atoms with Gasteiger partial charge in [-0.25, -0.2) is 0 Å². The van der Waals surface area contributed by atoms with Gasteiger partial charge in [0.15, 0.2) is 0 Å². The molecule has 7 heavy (non-hydrogen) atoms. The number of carboxylic acids is 1. The van der Waals surface area contributed by atoms with Crippen LogP contribution in [0.1, 0.15) is 6.92 Å². The first-order valence-corrected chi connectivity index (χ1v) is 0.928. The van der Waals surface area contributed by atoms with Crippen LogP contribution in [0.4, 0.5) is 0 Å². The van der Waals surface area contributed by atoms with Gasteiger partial charge < -0.3 is 5.11 Å². The fraction of sp³-hybridized carbons (Fsp3) is 0.500. The van der Waals surface area contributed by atoms with Crippen LogP contribution in [-0.4, -0.2) is 70.2 Å². The fourth-order valence-electron chi connectivity index (χ4n) is 0. The van der Waals surface area contributed by atoms with Crippen molar-refractivity contribution in [1.29, 1.82) is 0 Å². The molecule has 0 fully saturated rings. The van der Waals surface area contributed by atoms with Crippen LogP contribution in [0.2, 0.25) is 0 Å². The van der Waals surface area contributed by atoms with Crippen LogP contribution in [0.5, 0.6) is 0 Å². The van der Waals surface area contributed by atoms with Gasteiger partial charge in [0.2, 0.25) is 0 Å². The Kier molecular flexibility index (Phi) is 51.6. The Morgan fingerprint density at radius 3 is 1.43 bits per heavy atom. The van der Waals surface area contributed by atoms with Crippen molar-refractivity contribution in [3.8, 4) is 0 Å². The van der Waals surface area contributed by atoms with Crippen LogP contribution >= 0.6 is 0 Å². The Morgan fingerprint density at radius 1 is 1.43 bits per heavy atom. The minimum atomic E-state index is -0.833. The number of aliphatic carboxylic acids is 1. The summed E-state index contributed by atoms with van der Waals surface area (Å²) in [6.45, 7) is 1.08. The van der Waals surface area contributed by atoms with Crippen molar-refractivity contribution in [3.05, 3.63) is 0 Å². The van der Waals surface area contributed by atoms with Crippen molar-refractivity contribution >= 4 is 65.1 Å². The summed E-state index contributed by atoms with van der Waals surface area (Å²) in [6.07, 6.45) is 0. The van der Waals surface area contributed by atoms with Gasteiger partial charge in [0.25, 0.3) is 5.97 Å². The minimum absolute atomic E-state index is 0. The molecule has 0 unspecified atom stereocenters. The van der Waals surface area contributed by atoms with E-state index in [-0.39, 0.29) is 76.2 Å². The summed E-state index contributed by atoms with van der Waals surface area (Å²) < 4.78 is 0. The van der Waals surface area contributed by atoms with Gasteiger partial charge in [0.05, 0.1) is 0 Å². The second-order valence-electron chi connectivity index (χ2n) is 0.519. The molecule has 0 amide bonds. The summed E-state index contributed by atoms with van der Waals surface area (Å²) in [6, 6.07) is 0. The summed E-state index contributed by atoms with van der Waals surface area (Å²) in [5, 5.41) is 7.42. The Morgan fingerprint density at radius 2 is 1.43 bits per heavy atom. The number of hydrogen-bond donors (Lipinski definition) is 1. The third kappa shape index (κ3) is 72.4. The molecule has 36 valence electrons. The summed E-state index contributed by atoms with van der Waals surface area (Å²) in [5.74, 6) is -0.833. The van der Waals surface area contributed by atoms with Gasteiger partial charge >= 0.3 is 59.1 Å². The molecule has 0 aliphatic heterocycles. The van der Waals surface area contributed by atoms with Crippen molar-refractivity contribution in [2.24, 2.45) is 0 Å². The second kappa shape index (κ2) is 15.7. The maximum absolute atomic E-state index is 9.00. The van der Waals surface area contributed by atoms with E-state index < -0.39 is 5.97 Å². The molecular formula is C2H6FeNa2O2. The van der Waals surface area contributed by atoms with E-state index in [0.29, 0.717) is 0 Å². The summed E-state index contributed by atoms with van der Waals surface area (Å²) >= 11 is 0. The van der Waals surface area contributed by atoms with Crippen molar-refractivity contribution in [2.45, 2.75) is 6.92 Å². The maximum atomic E-state index is 9.00. The van der Waals surface area contributed by atoms with Crippen LogP contribution in [0.3, 0.4) is 0 Å². The topological polar surface area (TPSA) is 37.3 Å². The van der Waals surface area contributed by atoms with Crippen LogP contribution < -0.4 is 0 Å². The van der Waals surface area contributed by atoms with Crippen LogP contribution in [0.15, 0.2) is 0 Å². The van der Waals surface area contributed by atoms with E-state index in [4.69, 9.17) is 9.90 Å². The molecule has 0 atom stereocenters. The van der Waals surface area contributed by atoms with E-state index in [2.05, 4.69) is 0 Å². The van der Waals surface area contributed by atoms with E-state index in [1.54, 1.807) is 0 Å². The predicted molar refractivity (Wildman–Crippen MR) is 27.6 cm³/mol. The van der Waals surface area contributed by atoms with E-state index in [1.165, 1.54) is 0 Å². The van der Waals surface area contributed by atoms with Crippen molar-refractivity contribution in [3.63, 3.8) is 0 Å². The molecule has 0 aromatic rings. The quantitative estimate of drug-likeness (QED) is 0.456. The van der Waals surface area contributed by atoms with Gasteiger partial charge in [0.1, 0.15) is 0 Å². The number of rotatable bonds is 0. The molecule has 0 saturated carbocycles. The molecule has 0 aromatic heterocycles. The molecule has 0 aliphatic carbocycles. The van der Waals surface area contributed by atoms with Crippen molar-refractivity contribution in [1.82, 2.24) is 0 Å². The number of carbonyl (C=O) groups is 1. The van der Waals surface area contributed by atoms with Crippen molar-refractivity contribution < 1.29 is 27.0 Å². The number of hydrogen-bond acceptors (Lipinski definition) is 1. The molecule has 0 rings (SSSR count). The molecule has 0 bridgehead atoms. The molecule has 0 aliphatic rings. The number of carboxylic acid groups (broad SMARTS) is 1. The van der Waals surface area contributed by atoms with E-state index in [0.717, 1.165) is 6.92 Å². The van der Waals surface area contributed by atoms with Gasteiger partial charge in [-0.15, -0.1) is 0 Å². The standard InChI is InChI=1S/C2H4O2.Fe.2Na.2H/c1-2(3)4;;;;;/h1H3,(H,3,4);;;;;. The first-order valence-electron chi connectivity index (χ1n) is 0.928. The van der Waals surface area contributed by atoms with Crippen LogP contribution in [-0.2, 0) is 21.9 Å².